The van der Waals surface area contributed by atoms with E-state index in [1.54, 1.807) is 12.1 Å². The molecule has 2 aliphatic rings. The molecule has 0 aromatic heterocycles. The predicted molar refractivity (Wildman–Crippen MR) is 84.7 cm³/mol. The molecule has 0 saturated heterocycles. The lowest BCUT2D eigenvalue weighted by molar-refractivity contribution is -0.124. The van der Waals surface area contributed by atoms with Gasteiger partial charge < -0.3 is 10.6 Å². The highest BCUT2D eigenvalue weighted by atomic mass is 35.5. The van der Waals surface area contributed by atoms with Crippen LogP contribution in [0.15, 0.2) is 23.1 Å². The maximum absolute atomic E-state index is 12.1. The number of rotatable bonds is 3. The summed E-state index contributed by atoms with van der Waals surface area (Å²) in [7, 11) is 0. The van der Waals surface area contributed by atoms with Gasteiger partial charge in [0.1, 0.15) is 0 Å². The average Bonchev–Trinajstić information content (AvgIpc) is 2.92. The van der Waals surface area contributed by atoms with Crippen molar-refractivity contribution >= 4 is 40.9 Å². The third kappa shape index (κ3) is 3.52. The Morgan fingerprint density at radius 3 is 2.90 bits per heavy atom. The van der Waals surface area contributed by atoms with Crippen LogP contribution in [-0.2, 0) is 9.59 Å². The van der Waals surface area contributed by atoms with Crippen molar-refractivity contribution in [3.05, 3.63) is 23.2 Å². The quantitative estimate of drug-likeness (QED) is 0.897. The van der Waals surface area contributed by atoms with Crippen molar-refractivity contribution in [3.63, 3.8) is 0 Å². The van der Waals surface area contributed by atoms with E-state index in [2.05, 4.69) is 10.6 Å². The van der Waals surface area contributed by atoms with Gasteiger partial charge in [-0.3, -0.25) is 9.59 Å². The first-order chi connectivity index (χ1) is 10.1. The molecule has 0 bridgehead atoms. The van der Waals surface area contributed by atoms with Crippen molar-refractivity contribution in [2.24, 2.45) is 0 Å². The summed E-state index contributed by atoms with van der Waals surface area (Å²) < 4.78 is 0. The van der Waals surface area contributed by atoms with Crippen molar-refractivity contribution in [1.82, 2.24) is 5.32 Å². The third-order valence-electron chi connectivity index (χ3n) is 3.85. The molecule has 1 saturated carbocycles. The molecule has 1 fully saturated rings. The number of hydrogen-bond donors (Lipinski definition) is 2. The molecule has 6 heteroatoms. The number of hydrogen-bond acceptors (Lipinski definition) is 3. The van der Waals surface area contributed by atoms with Gasteiger partial charge in [0.15, 0.2) is 0 Å². The Kier molecular flexibility index (Phi) is 4.40. The molecule has 112 valence electrons. The summed E-state index contributed by atoms with van der Waals surface area (Å²) >= 11 is 7.34. The first-order valence-corrected chi connectivity index (χ1v) is 8.44. The SMILES string of the molecule is O=C(CC1Sc2ccc(Cl)cc2NC1=O)NC1CCCC1. The van der Waals surface area contributed by atoms with E-state index in [4.69, 9.17) is 11.6 Å². The van der Waals surface area contributed by atoms with E-state index in [0.29, 0.717) is 11.1 Å². The molecule has 0 radical (unpaired) electrons. The van der Waals surface area contributed by atoms with E-state index >= 15 is 0 Å². The first-order valence-electron chi connectivity index (χ1n) is 7.18. The van der Waals surface area contributed by atoms with Crippen LogP contribution in [0.5, 0.6) is 0 Å². The number of thioether (sulfide) groups is 1. The third-order valence-corrected chi connectivity index (χ3v) is 5.36. The van der Waals surface area contributed by atoms with Gasteiger partial charge in [0, 0.05) is 22.4 Å². The minimum atomic E-state index is -0.375. The highest BCUT2D eigenvalue weighted by molar-refractivity contribution is 8.01. The lowest BCUT2D eigenvalue weighted by Crippen LogP contribution is -2.38. The Morgan fingerprint density at radius 1 is 1.38 bits per heavy atom. The number of halogens is 1. The number of carbonyl (C=O) groups is 2. The predicted octanol–water partition coefficient (Wildman–Crippen LogP) is 3.20. The van der Waals surface area contributed by atoms with Gasteiger partial charge in [0.2, 0.25) is 11.8 Å². The largest absolute Gasteiger partial charge is 0.353 e. The Morgan fingerprint density at radius 2 is 2.14 bits per heavy atom. The van der Waals surface area contributed by atoms with E-state index < -0.39 is 0 Å². The average molecular weight is 325 g/mol. The second kappa shape index (κ2) is 6.28. The summed E-state index contributed by atoms with van der Waals surface area (Å²) in [5, 5.41) is 6.07. The number of nitrogens with one attached hydrogen (secondary N) is 2. The molecule has 1 aliphatic carbocycles. The normalized spacial score (nSPS) is 21.8. The van der Waals surface area contributed by atoms with Gasteiger partial charge in [-0.15, -0.1) is 11.8 Å². The van der Waals surface area contributed by atoms with E-state index in [9.17, 15) is 9.59 Å². The molecule has 0 spiro atoms. The van der Waals surface area contributed by atoms with Crippen molar-refractivity contribution < 1.29 is 9.59 Å². The molecule has 1 unspecified atom stereocenters. The fourth-order valence-corrected chi connectivity index (χ4v) is 4.04. The second-order valence-corrected chi connectivity index (χ2v) is 7.17. The van der Waals surface area contributed by atoms with Crippen LogP contribution in [0, 0.1) is 0 Å². The van der Waals surface area contributed by atoms with Gasteiger partial charge in [-0.2, -0.15) is 0 Å². The van der Waals surface area contributed by atoms with Crippen LogP contribution in [0.2, 0.25) is 5.02 Å². The molecule has 1 heterocycles. The fraction of sp³-hybridized carbons (Fsp3) is 0.467. The van der Waals surface area contributed by atoms with Crippen LogP contribution in [0.25, 0.3) is 0 Å². The van der Waals surface area contributed by atoms with Crippen LogP contribution in [0.4, 0.5) is 5.69 Å². The summed E-state index contributed by atoms with van der Waals surface area (Å²) in [5.41, 5.74) is 0.727. The zero-order chi connectivity index (χ0) is 14.8. The van der Waals surface area contributed by atoms with Gasteiger partial charge in [-0.25, -0.2) is 0 Å². The summed E-state index contributed by atoms with van der Waals surface area (Å²) in [4.78, 5) is 25.1. The number of fused-ring (bicyclic) bond motifs is 1. The van der Waals surface area contributed by atoms with Gasteiger partial charge in [0.25, 0.3) is 0 Å². The van der Waals surface area contributed by atoms with Crippen LogP contribution in [-0.4, -0.2) is 23.1 Å². The van der Waals surface area contributed by atoms with E-state index in [-0.39, 0.29) is 23.5 Å². The molecule has 1 aromatic carbocycles. The smallest absolute Gasteiger partial charge is 0.238 e. The molecule has 21 heavy (non-hydrogen) atoms. The minimum absolute atomic E-state index is 0.0352. The maximum atomic E-state index is 12.1. The molecule has 1 aromatic rings. The molecular weight excluding hydrogens is 308 g/mol. The van der Waals surface area contributed by atoms with Crippen LogP contribution < -0.4 is 10.6 Å². The number of amides is 2. The summed E-state index contributed by atoms with van der Waals surface area (Å²) in [6, 6.07) is 5.70. The van der Waals surface area contributed by atoms with E-state index in [1.807, 2.05) is 6.07 Å². The fourth-order valence-electron chi connectivity index (χ4n) is 2.78. The van der Waals surface area contributed by atoms with Gasteiger partial charge in [0.05, 0.1) is 10.9 Å². The number of carbonyl (C=O) groups excluding carboxylic acids is 2. The molecule has 3 rings (SSSR count). The number of benzene rings is 1. The van der Waals surface area contributed by atoms with Gasteiger partial charge in [-0.05, 0) is 31.0 Å². The molecule has 2 amide bonds. The van der Waals surface area contributed by atoms with Crippen molar-refractivity contribution in [1.29, 1.82) is 0 Å². The lowest BCUT2D eigenvalue weighted by Gasteiger charge is -2.24. The Balaban J connectivity index is 1.62. The Bertz CT molecular complexity index is 573. The van der Waals surface area contributed by atoms with E-state index in [1.165, 1.54) is 24.6 Å². The van der Waals surface area contributed by atoms with E-state index in [0.717, 1.165) is 23.4 Å². The summed E-state index contributed by atoms with van der Waals surface area (Å²) in [6.07, 6.45) is 4.68. The second-order valence-electron chi connectivity index (χ2n) is 5.49. The van der Waals surface area contributed by atoms with Crippen molar-refractivity contribution in [2.75, 3.05) is 5.32 Å². The van der Waals surface area contributed by atoms with Gasteiger partial charge in [-0.1, -0.05) is 24.4 Å². The molecular formula is C15H17ClN2O2S. The monoisotopic (exact) mass is 324 g/mol. The summed E-state index contributed by atoms with van der Waals surface area (Å²) in [5.74, 6) is -0.164. The topological polar surface area (TPSA) is 58.2 Å². The summed E-state index contributed by atoms with van der Waals surface area (Å²) in [6.45, 7) is 0. The molecule has 1 atom stereocenters. The standard InChI is InChI=1S/C15H17ClN2O2S/c16-9-5-6-12-11(7-9)18-15(20)13(21-12)8-14(19)17-10-3-1-2-4-10/h5-7,10,13H,1-4,8H2,(H,17,19)(H,18,20). The highest BCUT2D eigenvalue weighted by Gasteiger charge is 2.30. The molecule has 4 nitrogen and oxygen atoms in total. The van der Waals surface area contributed by atoms with Crippen molar-refractivity contribution in [2.45, 2.75) is 48.3 Å². The van der Waals surface area contributed by atoms with Crippen LogP contribution in [0.1, 0.15) is 32.1 Å². The molecule has 2 N–H and O–H groups in total. The van der Waals surface area contributed by atoms with Crippen LogP contribution >= 0.6 is 23.4 Å². The Hall–Kier alpha value is -1.20. The zero-order valence-corrected chi connectivity index (χ0v) is 13.1. The zero-order valence-electron chi connectivity index (χ0n) is 11.5. The number of anilines is 1. The Labute approximate surface area is 133 Å². The van der Waals surface area contributed by atoms with Crippen LogP contribution in [0.3, 0.4) is 0 Å². The highest BCUT2D eigenvalue weighted by Crippen LogP contribution is 2.38. The first kappa shape index (κ1) is 14.7. The molecule has 1 aliphatic heterocycles. The van der Waals surface area contributed by atoms with Gasteiger partial charge >= 0.3 is 0 Å². The van der Waals surface area contributed by atoms with Crippen molar-refractivity contribution in [3.8, 4) is 0 Å². The maximum Gasteiger partial charge on any atom is 0.238 e. The minimum Gasteiger partial charge on any atom is -0.353 e. The lowest BCUT2D eigenvalue weighted by atomic mass is 10.2.